The fourth-order valence-corrected chi connectivity index (χ4v) is 2.43. The molecule has 0 amide bonds. The lowest BCUT2D eigenvalue weighted by atomic mass is 9.95. The van der Waals surface area contributed by atoms with Crippen LogP contribution in [0.2, 0.25) is 0 Å². The van der Waals surface area contributed by atoms with Crippen molar-refractivity contribution in [1.29, 1.82) is 0 Å². The first-order valence-corrected chi connectivity index (χ1v) is 6.28. The zero-order valence-electron chi connectivity index (χ0n) is 10.3. The Bertz CT molecular complexity index is 613. The van der Waals surface area contributed by atoms with Gasteiger partial charge in [-0.15, -0.1) is 6.58 Å². The Labute approximate surface area is 107 Å². The predicted molar refractivity (Wildman–Crippen MR) is 77.2 cm³/mol. The summed E-state index contributed by atoms with van der Waals surface area (Å²) in [6, 6.07) is 15.0. The van der Waals surface area contributed by atoms with E-state index in [0.29, 0.717) is 0 Å². The van der Waals surface area contributed by atoms with Crippen LogP contribution in [0.5, 0.6) is 0 Å². The SMILES string of the molecule is C=CC(C1=NCCN1)c1ccc2ccccc2c1. The Morgan fingerprint density at radius 1 is 1.17 bits per heavy atom. The molecule has 0 bridgehead atoms. The summed E-state index contributed by atoms with van der Waals surface area (Å²) in [4.78, 5) is 4.50. The van der Waals surface area contributed by atoms with Crippen molar-refractivity contribution in [2.24, 2.45) is 4.99 Å². The van der Waals surface area contributed by atoms with Crippen LogP contribution in [0.1, 0.15) is 11.5 Å². The second-order valence-corrected chi connectivity index (χ2v) is 4.51. The Balaban J connectivity index is 2.04. The van der Waals surface area contributed by atoms with Gasteiger partial charge in [0.1, 0.15) is 5.84 Å². The molecule has 0 aromatic heterocycles. The van der Waals surface area contributed by atoms with Crippen LogP contribution in [-0.2, 0) is 0 Å². The molecule has 2 aromatic carbocycles. The van der Waals surface area contributed by atoms with Crippen LogP contribution in [0, 0.1) is 0 Å². The molecule has 2 heteroatoms. The molecule has 18 heavy (non-hydrogen) atoms. The third-order valence-electron chi connectivity index (χ3n) is 3.36. The summed E-state index contributed by atoms with van der Waals surface area (Å²) in [6.45, 7) is 5.75. The maximum Gasteiger partial charge on any atom is 0.108 e. The highest BCUT2D eigenvalue weighted by Gasteiger charge is 2.17. The lowest BCUT2D eigenvalue weighted by Crippen LogP contribution is -2.24. The molecule has 3 rings (SSSR count). The van der Waals surface area contributed by atoms with E-state index < -0.39 is 0 Å². The van der Waals surface area contributed by atoms with Gasteiger partial charge in [-0.2, -0.15) is 0 Å². The Morgan fingerprint density at radius 2 is 2.00 bits per heavy atom. The van der Waals surface area contributed by atoms with E-state index in [2.05, 4.69) is 59.4 Å². The van der Waals surface area contributed by atoms with Gasteiger partial charge in [0, 0.05) is 6.54 Å². The van der Waals surface area contributed by atoms with Gasteiger partial charge in [0.25, 0.3) is 0 Å². The molecule has 1 aliphatic rings. The van der Waals surface area contributed by atoms with Crippen LogP contribution in [0.15, 0.2) is 60.1 Å². The molecule has 1 N–H and O–H groups in total. The third kappa shape index (κ3) is 1.90. The second-order valence-electron chi connectivity index (χ2n) is 4.51. The average molecular weight is 236 g/mol. The van der Waals surface area contributed by atoms with Gasteiger partial charge >= 0.3 is 0 Å². The van der Waals surface area contributed by atoms with Gasteiger partial charge in [0.05, 0.1) is 12.5 Å². The molecule has 0 aliphatic carbocycles. The largest absolute Gasteiger partial charge is 0.371 e. The number of hydrogen-bond donors (Lipinski definition) is 1. The number of fused-ring (bicyclic) bond motifs is 1. The topological polar surface area (TPSA) is 24.4 Å². The summed E-state index contributed by atoms with van der Waals surface area (Å²) in [7, 11) is 0. The Hall–Kier alpha value is -2.09. The molecule has 0 saturated heterocycles. The maximum absolute atomic E-state index is 4.50. The fourth-order valence-electron chi connectivity index (χ4n) is 2.43. The van der Waals surface area contributed by atoms with Gasteiger partial charge < -0.3 is 5.32 Å². The van der Waals surface area contributed by atoms with E-state index in [0.717, 1.165) is 18.9 Å². The summed E-state index contributed by atoms with van der Waals surface area (Å²) in [5.74, 6) is 1.22. The number of amidine groups is 1. The van der Waals surface area contributed by atoms with Gasteiger partial charge in [-0.05, 0) is 16.3 Å². The minimum atomic E-state index is 0.178. The predicted octanol–water partition coefficient (Wildman–Crippen LogP) is 3.11. The van der Waals surface area contributed by atoms with Crippen molar-refractivity contribution < 1.29 is 0 Å². The zero-order valence-corrected chi connectivity index (χ0v) is 10.3. The molecule has 1 atom stereocenters. The first kappa shape index (κ1) is 11.0. The Morgan fingerprint density at radius 3 is 2.72 bits per heavy atom. The van der Waals surface area contributed by atoms with E-state index in [1.807, 2.05) is 6.08 Å². The summed E-state index contributed by atoms with van der Waals surface area (Å²) < 4.78 is 0. The molecular weight excluding hydrogens is 220 g/mol. The van der Waals surface area contributed by atoms with E-state index >= 15 is 0 Å². The van der Waals surface area contributed by atoms with Crippen molar-refractivity contribution >= 4 is 16.6 Å². The van der Waals surface area contributed by atoms with E-state index in [4.69, 9.17) is 0 Å². The first-order chi connectivity index (χ1) is 8.88. The highest BCUT2D eigenvalue weighted by molar-refractivity contribution is 5.93. The van der Waals surface area contributed by atoms with Crippen LogP contribution >= 0.6 is 0 Å². The van der Waals surface area contributed by atoms with Crippen molar-refractivity contribution in [1.82, 2.24) is 5.32 Å². The first-order valence-electron chi connectivity index (χ1n) is 6.28. The van der Waals surface area contributed by atoms with Gasteiger partial charge in [-0.3, -0.25) is 4.99 Å². The van der Waals surface area contributed by atoms with Crippen LogP contribution in [0.25, 0.3) is 10.8 Å². The molecule has 1 aliphatic heterocycles. The second kappa shape index (κ2) is 4.65. The molecule has 2 aromatic rings. The van der Waals surface area contributed by atoms with E-state index in [-0.39, 0.29) is 5.92 Å². The van der Waals surface area contributed by atoms with Crippen LogP contribution < -0.4 is 5.32 Å². The van der Waals surface area contributed by atoms with Gasteiger partial charge in [-0.1, -0.05) is 48.5 Å². The summed E-state index contributed by atoms with van der Waals surface area (Å²) in [5.41, 5.74) is 1.25. The molecule has 0 fully saturated rings. The fraction of sp³-hybridized carbons (Fsp3) is 0.188. The van der Waals surface area contributed by atoms with E-state index in [9.17, 15) is 0 Å². The van der Waals surface area contributed by atoms with Gasteiger partial charge in [0.15, 0.2) is 0 Å². The molecule has 0 radical (unpaired) electrons. The number of aliphatic imine (C=N–C) groups is 1. The number of hydrogen-bond acceptors (Lipinski definition) is 2. The molecule has 0 spiro atoms. The monoisotopic (exact) mass is 236 g/mol. The summed E-state index contributed by atoms with van der Waals surface area (Å²) in [5, 5.41) is 5.87. The standard InChI is InChI=1S/C16H16N2/c1-2-15(16-17-9-10-18-16)14-8-7-12-5-3-4-6-13(12)11-14/h2-8,11,15H,1,9-10H2,(H,17,18). The highest BCUT2D eigenvalue weighted by atomic mass is 15.1. The van der Waals surface area contributed by atoms with Gasteiger partial charge in [-0.25, -0.2) is 0 Å². The van der Waals surface area contributed by atoms with Crippen molar-refractivity contribution in [2.75, 3.05) is 13.1 Å². The lowest BCUT2D eigenvalue weighted by molar-refractivity contribution is 0.943. The number of nitrogens with zero attached hydrogens (tertiary/aromatic N) is 1. The average Bonchev–Trinajstić information content (AvgIpc) is 2.93. The van der Waals surface area contributed by atoms with Crippen LogP contribution in [0.4, 0.5) is 0 Å². The van der Waals surface area contributed by atoms with Gasteiger partial charge in [0.2, 0.25) is 0 Å². The number of benzene rings is 2. The zero-order chi connectivity index (χ0) is 12.4. The van der Waals surface area contributed by atoms with E-state index in [1.165, 1.54) is 16.3 Å². The van der Waals surface area contributed by atoms with Crippen molar-refractivity contribution in [3.63, 3.8) is 0 Å². The molecule has 1 heterocycles. The maximum atomic E-state index is 4.50. The lowest BCUT2D eigenvalue weighted by Gasteiger charge is -2.14. The highest BCUT2D eigenvalue weighted by Crippen LogP contribution is 2.24. The smallest absolute Gasteiger partial charge is 0.108 e. The number of rotatable bonds is 3. The molecule has 2 nitrogen and oxygen atoms in total. The van der Waals surface area contributed by atoms with Crippen LogP contribution in [0.3, 0.4) is 0 Å². The van der Waals surface area contributed by atoms with Crippen molar-refractivity contribution in [3.8, 4) is 0 Å². The minimum absolute atomic E-state index is 0.178. The van der Waals surface area contributed by atoms with Crippen molar-refractivity contribution in [3.05, 3.63) is 60.7 Å². The molecule has 0 saturated carbocycles. The normalized spacial score (nSPS) is 16.1. The van der Waals surface area contributed by atoms with Crippen LogP contribution in [-0.4, -0.2) is 18.9 Å². The third-order valence-corrected chi connectivity index (χ3v) is 3.36. The molecule has 90 valence electrons. The quantitative estimate of drug-likeness (QED) is 0.814. The summed E-state index contributed by atoms with van der Waals surface area (Å²) in [6.07, 6.45) is 1.96. The molecular formula is C16H16N2. The minimum Gasteiger partial charge on any atom is -0.371 e. The van der Waals surface area contributed by atoms with E-state index in [1.54, 1.807) is 0 Å². The summed E-state index contributed by atoms with van der Waals surface area (Å²) >= 11 is 0. The number of nitrogens with one attached hydrogen (secondary N) is 1. The van der Waals surface area contributed by atoms with Crippen molar-refractivity contribution in [2.45, 2.75) is 5.92 Å². The molecule has 1 unspecified atom stereocenters. The Kier molecular flexibility index (Phi) is 2.85.